The monoisotopic (exact) mass is 401 g/mol. The van der Waals surface area contributed by atoms with Crippen LogP contribution < -0.4 is 10.1 Å². The van der Waals surface area contributed by atoms with Crippen LogP contribution in [0.25, 0.3) is 0 Å². The summed E-state index contributed by atoms with van der Waals surface area (Å²) in [5.74, 6) is 0.168. The first-order valence-electron chi connectivity index (χ1n) is 9.37. The maximum Gasteiger partial charge on any atom is 0.341 e. The molecule has 1 aliphatic carbocycles. The van der Waals surface area contributed by atoms with Crippen molar-refractivity contribution in [3.63, 3.8) is 0 Å². The number of thiophene rings is 1. The zero-order valence-corrected chi connectivity index (χ0v) is 16.8. The molecule has 0 aliphatic heterocycles. The minimum absolute atomic E-state index is 0.0555. The average molecular weight is 401 g/mol. The van der Waals surface area contributed by atoms with Crippen LogP contribution in [0.15, 0.2) is 29.6 Å². The van der Waals surface area contributed by atoms with Gasteiger partial charge in [-0.25, -0.2) is 4.79 Å². The van der Waals surface area contributed by atoms with E-state index in [1.54, 1.807) is 38.1 Å². The Morgan fingerprint density at radius 1 is 1.14 bits per heavy atom. The molecular formula is C21H23NO5S. The van der Waals surface area contributed by atoms with E-state index in [0.29, 0.717) is 34.2 Å². The van der Waals surface area contributed by atoms with E-state index in [4.69, 9.17) is 9.47 Å². The van der Waals surface area contributed by atoms with Crippen LogP contribution in [0.4, 0.5) is 5.00 Å². The van der Waals surface area contributed by atoms with Gasteiger partial charge in [-0.05, 0) is 60.9 Å². The molecule has 2 aromatic rings. The Hall–Kier alpha value is -2.67. The Bertz CT molecular complexity index is 867. The smallest absolute Gasteiger partial charge is 0.341 e. The van der Waals surface area contributed by atoms with E-state index in [1.807, 2.05) is 5.38 Å². The van der Waals surface area contributed by atoms with E-state index in [0.717, 1.165) is 18.4 Å². The number of ketones is 1. The Kier molecular flexibility index (Phi) is 6.46. The zero-order valence-electron chi connectivity index (χ0n) is 15.9. The minimum atomic E-state index is -0.405. The molecule has 0 saturated heterocycles. The van der Waals surface area contributed by atoms with Crippen molar-refractivity contribution < 1.29 is 23.9 Å². The zero-order chi connectivity index (χ0) is 20.1. The number of anilines is 1. The Balaban J connectivity index is 1.62. The molecule has 3 rings (SSSR count). The summed E-state index contributed by atoms with van der Waals surface area (Å²) in [7, 11) is 0. The van der Waals surface area contributed by atoms with Crippen molar-refractivity contribution >= 4 is 34.0 Å². The van der Waals surface area contributed by atoms with Crippen LogP contribution in [0.5, 0.6) is 5.75 Å². The molecule has 0 unspecified atom stereocenters. The number of hydrogen-bond donors (Lipinski definition) is 1. The van der Waals surface area contributed by atoms with Crippen LogP contribution >= 0.6 is 11.3 Å². The Labute approximate surface area is 167 Å². The van der Waals surface area contributed by atoms with Crippen molar-refractivity contribution in [1.29, 1.82) is 0 Å². The van der Waals surface area contributed by atoms with Gasteiger partial charge in [-0.2, -0.15) is 0 Å². The molecule has 7 heteroatoms. The van der Waals surface area contributed by atoms with Gasteiger partial charge in [-0.15, -0.1) is 11.3 Å². The summed E-state index contributed by atoms with van der Waals surface area (Å²) in [5, 5.41) is 5.18. The van der Waals surface area contributed by atoms with Crippen LogP contribution in [-0.2, 0) is 9.53 Å². The fourth-order valence-electron chi connectivity index (χ4n) is 2.82. The van der Waals surface area contributed by atoms with Gasteiger partial charge in [-0.1, -0.05) is 6.92 Å². The predicted molar refractivity (Wildman–Crippen MR) is 107 cm³/mol. The number of carbonyl (C=O) groups is 3. The maximum atomic E-state index is 12.3. The van der Waals surface area contributed by atoms with Gasteiger partial charge >= 0.3 is 5.97 Å². The second-order valence-electron chi connectivity index (χ2n) is 6.53. The maximum absolute atomic E-state index is 12.3. The molecule has 0 atom stereocenters. The highest BCUT2D eigenvalue weighted by atomic mass is 32.1. The summed E-state index contributed by atoms with van der Waals surface area (Å²) in [6.07, 6.45) is 2.54. The number of hydrogen-bond acceptors (Lipinski definition) is 6. The molecular weight excluding hydrogens is 378 g/mol. The van der Waals surface area contributed by atoms with Gasteiger partial charge in [0.05, 0.1) is 12.2 Å². The van der Waals surface area contributed by atoms with Crippen molar-refractivity contribution in [2.45, 2.75) is 39.0 Å². The van der Waals surface area contributed by atoms with Gasteiger partial charge in [0.15, 0.2) is 12.4 Å². The lowest BCUT2D eigenvalue weighted by atomic mass is 10.1. The average Bonchev–Trinajstić information content (AvgIpc) is 3.46. The molecule has 1 fully saturated rings. The van der Waals surface area contributed by atoms with Crippen molar-refractivity contribution in [3.05, 3.63) is 46.3 Å². The van der Waals surface area contributed by atoms with Crippen LogP contribution in [0.2, 0.25) is 0 Å². The summed E-state index contributed by atoms with van der Waals surface area (Å²) < 4.78 is 10.6. The third-order valence-corrected chi connectivity index (χ3v) is 5.35. The van der Waals surface area contributed by atoms with E-state index in [9.17, 15) is 14.4 Å². The standard InChI is InChI=1S/C21H23NO5S/c1-3-17(23)14-7-9-15(10-8-14)27-11-18(24)22-20-19(21(25)26-4-2)16(12-28-20)13-5-6-13/h7-10,12-13H,3-6,11H2,1-2H3,(H,22,24). The SMILES string of the molecule is CCOC(=O)c1c(C2CC2)csc1NC(=O)COc1ccc(C(=O)CC)cc1. The molecule has 28 heavy (non-hydrogen) atoms. The molecule has 1 aromatic heterocycles. The number of benzene rings is 1. The van der Waals surface area contributed by atoms with Crippen LogP contribution in [0, 0.1) is 0 Å². The fourth-order valence-corrected chi connectivity index (χ4v) is 3.87. The molecule has 1 aliphatic rings. The first-order valence-corrected chi connectivity index (χ1v) is 10.3. The molecule has 0 bridgehead atoms. The quantitative estimate of drug-likeness (QED) is 0.497. The molecule has 1 saturated carbocycles. The van der Waals surface area contributed by atoms with Gasteiger partial charge in [0, 0.05) is 12.0 Å². The largest absolute Gasteiger partial charge is 0.484 e. The number of carbonyl (C=O) groups excluding carboxylic acids is 3. The highest BCUT2D eigenvalue weighted by Gasteiger charge is 2.32. The third kappa shape index (κ3) is 4.78. The molecule has 0 radical (unpaired) electrons. The van der Waals surface area contributed by atoms with E-state index in [-0.39, 0.29) is 24.9 Å². The number of nitrogens with one attached hydrogen (secondary N) is 1. The van der Waals surface area contributed by atoms with E-state index >= 15 is 0 Å². The summed E-state index contributed by atoms with van der Waals surface area (Å²) >= 11 is 1.33. The topological polar surface area (TPSA) is 81.7 Å². The molecule has 6 nitrogen and oxygen atoms in total. The van der Waals surface area contributed by atoms with Crippen molar-refractivity contribution in [3.8, 4) is 5.75 Å². The van der Waals surface area contributed by atoms with Gasteiger partial charge < -0.3 is 14.8 Å². The number of rotatable bonds is 9. The van der Waals surface area contributed by atoms with E-state index in [2.05, 4.69) is 5.32 Å². The lowest BCUT2D eigenvalue weighted by Gasteiger charge is -2.09. The first kappa shape index (κ1) is 20.1. The number of amides is 1. The fraction of sp³-hybridized carbons (Fsp3) is 0.381. The van der Waals surface area contributed by atoms with Gasteiger partial charge in [0.25, 0.3) is 5.91 Å². The van der Waals surface area contributed by atoms with Crippen LogP contribution in [0.3, 0.4) is 0 Å². The summed E-state index contributed by atoms with van der Waals surface area (Å²) in [5.41, 5.74) is 2.03. The number of ether oxygens (including phenoxy) is 2. The van der Waals surface area contributed by atoms with E-state index < -0.39 is 5.97 Å². The van der Waals surface area contributed by atoms with Crippen LogP contribution in [0.1, 0.15) is 65.3 Å². The lowest BCUT2D eigenvalue weighted by molar-refractivity contribution is -0.118. The van der Waals surface area contributed by atoms with Gasteiger partial charge in [-0.3, -0.25) is 9.59 Å². The Morgan fingerprint density at radius 2 is 1.86 bits per heavy atom. The lowest BCUT2D eigenvalue weighted by Crippen LogP contribution is -2.21. The minimum Gasteiger partial charge on any atom is -0.484 e. The highest BCUT2D eigenvalue weighted by molar-refractivity contribution is 7.15. The molecule has 1 N–H and O–H groups in total. The first-order chi connectivity index (χ1) is 13.5. The number of Topliss-reactive ketones (excluding diaryl/α,β-unsaturated/α-hetero) is 1. The van der Waals surface area contributed by atoms with Crippen LogP contribution in [-0.4, -0.2) is 30.9 Å². The second-order valence-corrected chi connectivity index (χ2v) is 7.41. The molecule has 148 valence electrons. The Morgan fingerprint density at radius 3 is 2.46 bits per heavy atom. The molecule has 1 amide bonds. The predicted octanol–water partition coefficient (Wildman–Crippen LogP) is 4.41. The van der Waals surface area contributed by atoms with Crippen molar-refractivity contribution in [2.75, 3.05) is 18.5 Å². The van der Waals surface area contributed by atoms with Crippen molar-refractivity contribution in [2.24, 2.45) is 0 Å². The van der Waals surface area contributed by atoms with Crippen molar-refractivity contribution in [1.82, 2.24) is 0 Å². The van der Waals surface area contributed by atoms with Gasteiger partial charge in [0.2, 0.25) is 0 Å². The number of esters is 1. The second kappa shape index (κ2) is 9.01. The van der Waals surface area contributed by atoms with E-state index in [1.165, 1.54) is 11.3 Å². The molecule has 0 spiro atoms. The van der Waals surface area contributed by atoms with Gasteiger partial charge in [0.1, 0.15) is 10.8 Å². The normalized spacial score (nSPS) is 13.1. The molecule has 1 heterocycles. The molecule has 1 aromatic carbocycles. The third-order valence-electron chi connectivity index (χ3n) is 4.44. The summed E-state index contributed by atoms with van der Waals surface area (Å²) in [6, 6.07) is 6.69. The summed E-state index contributed by atoms with van der Waals surface area (Å²) in [6.45, 7) is 3.65. The summed E-state index contributed by atoms with van der Waals surface area (Å²) in [4.78, 5) is 36.3. The highest BCUT2D eigenvalue weighted by Crippen LogP contribution is 2.46.